The van der Waals surface area contributed by atoms with Gasteiger partial charge in [-0.3, -0.25) is 0 Å². The van der Waals surface area contributed by atoms with Gasteiger partial charge in [-0.05, 0) is 30.2 Å². The lowest BCUT2D eigenvalue weighted by molar-refractivity contribution is 0.260. The van der Waals surface area contributed by atoms with Gasteiger partial charge in [0.2, 0.25) is 0 Å². The zero-order valence-corrected chi connectivity index (χ0v) is 11.0. The van der Waals surface area contributed by atoms with E-state index in [9.17, 15) is 8.42 Å². The molecule has 0 amide bonds. The van der Waals surface area contributed by atoms with Gasteiger partial charge in [0.1, 0.15) is 5.75 Å². The first-order valence-electron chi connectivity index (χ1n) is 6.29. The standard InChI is InChI=1S/C13H17NO3S/c15-18(16)8-10(9-18)7-17-13-3-1-2-11-6-14-5-4-12(11)13/h1-3,10,14H,4-9H2. The van der Waals surface area contributed by atoms with Crippen molar-refractivity contribution < 1.29 is 13.2 Å². The first kappa shape index (κ1) is 12.0. The van der Waals surface area contributed by atoms with Crippen molar-refractivity contribution in [2.24, 2.45) is 5.92 Å². The Balaban J connectivity index is 1.66. The van der Waals surface area contributed by atoms with Crippen molar-refractivity contribution in [3.05, 3.63) is 29.3 Å². The number of fused-ring (bicyclic) bond motifs is 1. The van der Waals surface area contributed by atoms with Crippen LogP contribution in [0.1, 0.15) is 11.1 Å². The number of hydrogen-bond acceptors (Lipinski definition) is 4. The molecule has 2 heterocycles. The van der Waals surface area contributed by atoms with Gasteiger partial charge in [0, 0.05) is 12.5 Å². The molecule has 0 unspecified atom stereocenters. The average Bonchev–Trinajstić information content (AvgIpc) is 2.33. The summed E-state index contributed by atoms with van der Waals surface area (Å²) in [4.78, 5) is 0. The van der Waals surface area contributed by atoms with E-state index in [-0.39, 0.29) is 17.4 Å². The van der Waals surface area contributed by atoms with Crippen molar-refractivity contribution in [2.75, 3.05) is 24.7 Å². The van der Waals surface area contributed by atoms with E-state index < -0.39 is 9.84 Å². The summed E-state index contributed by atoms with van der Waals surface area (Å²) in [5.74, 6) is 1.67. The molecular weight excluding hydrogens is 250 g/mol. The Kier molecular flexibility index (Phi) is 3.03. The van der Waals surface area contributed by atoms with Gasteiger partial charge in [0.25, 0.3) is 0 Å². The molecule has 1 aromatic rings. The van der Waals surface area contributed by atoms with Crippen LogP contribution < -0.4 is 10.1 Å². The first-order chi connectivity index (χ1) is 8.64. The van der Waals surface area contributed by atoms with Crippen LogP contribution in [0.15, 0.2) is 18.2 Å². The second-order valence-corrected chi connectivity index (χ2v) is 7.23. The van der Waals surface area contributed by atoms with Gasteiger partial charge in [-0.15, -0.1) is 0 Å². The second kappa shape index (κ2) is 4.55. The maximum Gasteiger partial charge on any atom is 0.151 e. The number of benzene rings is 1. The molecule has 1 fully saturated rings. The fraction of sp³-hybridized carbons (Fsp3) is 0.538. The van der Waals surface area contributed by atoms with Crippen LogP contribution in [0.4, 0.5) is 0 Å². The Labute approximate surface area is 107 Å². The minimum Gasteiger partial charge on any atom is -0.493 e. The van der Waals surface area contributed by atoms with E-state index >= 15 is 0 Å². The summed E-state index contributed by atoms with van der Waals surface area (Å²) < 4.78 is 28.0. The molecule has 5 heteroatoms. The van der Waals surface area contributed by atoms with Crippen LogP contribution in [0.25, 0.3) is 0 Å². The van der Waals surface area contributed by atoms with Gasteiger partial charge in [-0.2, -0.15) is 0 Å². The quantitative estimate of drug-likeness (QED) is 0.878. The Morgan fingerprint density at radius 3 is 2.94 bits per heavy atom. The van der Waals surface area contributed by atoms with E-state index in [0.29, 0.717) is 6.61 Å². The topological polar surface area (TPSA) is 55.4 Å². The molecule has 0 aromatic heterocycles. The predicted molar refractivity (Wildman–Crippen MR) is 69.5 cm³/mol. The molecule has 0 aliphatic carbocycles. The third kappa shape index (κ3) is 2.37. The van der Waals surface area contributed by atoms with E-state index in [0.717, 1.165) is 25.3 Å². The molecule has 0 spiro atoms. The van der Waals surface area contributed by atoms with Crippen molar-refractivity contribution >= 4 is 9.84 Å². The van der Waals surface area contributed by atoms with Crippen molar-refractivity contribution in [2.45, 2.75) is 13.0 Å². The van der Waals surface area contributed by atoms with E-state index in [1.165, 1.54) is 11.1 Å². The highest BCUT2D eigenvalue weighted by Gasteiger charge is 2.33. The normalized spacial score (nSPS) is 22.0. The molecule has 2 aliphatic heterocycles. The molecule has 1 aromatic carbocycles. The molecule has 1 saturated heterocycles. The summed E-state index contributed by atoms with van der Waals surface area (Å²) in [7, 11) is -2.74. The van der Waals surface area contributed by atoms with Crippen LogP contribution in [0.2, 0.25) is 0 Å². The summed E-state index contributed by atoms with van der Waals surface area (Å²) in [6.07, 6.45) is 0.981. The average molecular weight is 267 g/mol. The molecule has 98 valence electrons. The Hall–Kier alpha value is -1.07. The molecule has 0 atom stereocenters. The van der Waals surface area contributed by atoms with Crippen LogP contribution >= 0.6 is 0 Å². The summed E-state index contributed by atoms with van der Waals surface area (Å²) in [6, 6.07) is 6.10. The molecule has 4 nitrogen and oxygen atoms in total. The van der Waals surface area contributed by atoms with Gasteiger partial charge in [-0.1, -0.05) is 12.1 Å². The number of hydrogen-bond donors (Lipinski definition) is 1. The highest BCUT2D eigenvalue weighted by Crippen LogP contribution is 2.27. The number of ether oxygens (including phenoxy) is 1. The predicted octanol–water partition coefficient (Wildman–Crippen LogP) is 0.756. The van der Waals surface area contributed by atoms with E-state index in [2.05, 4.69) is 11.4 Å². The number of sulfone groups is 1. The third-order valence-corrected chi connectivity index (χ3v) is 5.51. The molecule has 0 radical (unpaired) electrons. The molecule has 3 rings (SSSR count). The van der Waals surface area contributed by atoms with Crippen LogP contribution in [0.5, 0.6) is 5.75 Å². The zero-order valence-electron chi connectivity index (χ0n) is 10.2. The fourth-order valence-corrected chi connectivity index (χ4v) is 4.14. The number of rotatable bonds is 3. The van der Waals surface area contributed by atoms with Crippen molar-refractivity contribution in [3.63, 3.8) is 0 Å². The first-order valence-corrected chi connectivity index (χ1v) is 8.11. The Morgan fingerprint density at radius 2 is 2.17 bits per heavy atom. The van der Waals surface area contributed by atoms with Crippen LogP contribution in [0.3, 0.4) is 0 Å². The number of nitrogens with one attached hydrogen (secondary N) is 1. The SMILES string of the molecule is O=S1(=O)CC(COc2cccc3c2CCNC3)C1. The van der Waals surface area contributed by atoms with Crippen molar-refractivity contribution in [1.29, 1.82) is 0 Å². The van der Waals surface area contributed by atoms with Crippen LogP contribution in [-0.2, 0) is 22.8 Å². The van der Waals surface area contributed by atoms with Gasteiger partial charge in [0.05, 0.1) is 18.1 Å². The highest BCUT2D eigenvalue weighted by molar-refractivity contribution is 7.92. The molecule has 1 N–H and O–H groups in total. The van der Waals surface area contributed by atoms with Crippen molar-refractivity contribution in [1.82, 2.24) is 5.32 Å². The van der Waals surface area contributed by atoms with E-state index in [1.54, 1.807) is 0 Å². The molecule has 0 bridgehead atoms. The Morgan fingerprint density at radius 1 is 1.33 bits per heavy atom. The maximum atomic E-state index is 11.1. The maximum absolute atomic E-state index is 11.1. The fourth-order valence-electron chi connectivity index (χ4n) is 2.61. The van der Waals surface area contributed by atoms with Gasteiger partial charge in [-0.25, -0.2) is 8.42 Å². The lowest BCUT2D eigenvalue weighted by Gasteiger charge is -2.27. The molecule has 2 aliphatic rings. The monoisotopic (exact) mass is 267 g/mol. The van der Waals surface area contributed by atoms with Crippen LogP contribution in [-0.4, -0.2) is 33.1 Å². The Bertz CT molecular complexity index is 541. The summed E-state index contributed by atoms with van der Waals surface area (Å²) in [6.45, 7) is 2.39. The minimum absolute atomic E-state index is 0.174. The minimum atomic E-state index is -2.74. The second-order valence-electron chi connectivity index (χ2n) is 5.07. The van der Waals surface area contributed by atoms with E-state index in [1.807, 2.05) is 12.1 Å². The smallest absolute Gasteiger partial charge is 0.151 e. The summed E-state index contributed by atoms with van der Waals surface area (Å²) in [5.41, 5.74) is 2.57. The third-order valence-electron chi connectivity index (χ3n) is 3.55. The van der Waals surface area contributed by atoms with Gasteiger partial charge in [0.15, 0.2) is 9.84 Å². The lowest BCUT2D eigenvalue weighted by atomic mass is 10.00. The summed E-state index contributed by atoms with van der Waals surface area (Å²) >= 11 is 0. The van der Waals surface area contributed by atoms with Crippen molar-refractivity contribution in [3.8, 4) is 5.75 Å². The van der Waals surface area contributed by atoms with E-state index in [4.69, 9.17) is 4.74 Å². The van der Waals surface area contributed by atoms with Gasteiger partial charge < -0.3 is 10.1 Å². The largest absolute Gasteiger partial charge is 0.493 e. The molecular formula is C13H17NO3S. The lowest BCUT2D eigenvalue weighted by Crippen LogP contribution is -2.40. The zero-order chi connectivity index (χ0) is 12.6. The molecule has 0 saturated carbocycles. The highest BCUT2D eigenvalue weighted by atomic mass is 32.2. The molecule has 18 heavy (non-hydrogen) atoms. The van der Waals surface area contributed by atoms with Crippen LogP contribution in [0, 0.1) is 5.92 Å². The summed E-state index contributed by atoms with van der Waals surface area (Å²) in [5, 5.41) is 3.33. The van der Waals surface area contributed by atoms with Gasteiger partial charge >= 0.3 is 0 Å².